The van der Waals surface area contributed by atoms with E-state index in [9.17, 15) is 4.79 Å². The molecule has 0 fully saturated rings. The van der Waals surface area contributed by atoms with Gasteiger partial charge in [-0.25, -0.2) is 0 Å². The van der Waals surface area contributed by atoms with E-state index in [4.69, 9.17) is 0 Å². The predicted molar refractivity (Wildman–Crippen MR) is 113 cm³/mol. The van der Waals surface area contributed by atoms with Crippen LogP contribution in [0.2, 0.25) is 3.97 Å². The average molecular weight is 718 g/mol. The Morgan fingerprint density at radius 1 is 0.900 bits per heavy atom. The maximum atomic E-state index is 12.5. The molecule has 0 radical (unpaired) electrons. The Kier molecular flexibility index (Phi) is 6.61. The molecule has 0 amide bonds. The van der Waals surface area contributed by atoms with Gasteiger partial charge < -0.3 is 0 Å². The van der Waals surface area contributed by atoms with E-state index < -0.39 is 6.35 Å². The Hall–Kier alpha value is 1.09. The summed E-state index contributed by atoms with van der Waals surface area (Å²) in [5.74, 6) is 0.281. The fourth-order valence-corrected chi connectivity index (χ4v) is 7.54. The van der Waals surface area contributed by atoms with Gasteiger partial charge in [-0.15, -0.1) is 0 Å². The van der Waals surface area contributed by atoms with Crippen LogP contribution in [0.3, 0.4) is 0 Å². The van der Waals surface area contributed by atoms with Crippen molar-refractivity contribution in [2.75, 3.05) is 0 Å². The van der Waals surface area contributed by atoms with Gasteiger partial charge in [0.1, 0.15) is 0 Å². The second kappa shape index (κ2) is 7.57. The molecule has 5 heteroatoms. The molecule has 106 valence electrons. The number of ketones is 1. The van der Waals surface area contributed by atoms with E-state index in [2.05, 4.69) is 75.1 Å². The zero-order valence-electron chi connectivity index (χ0n) is 10.7. The van der Waals surface area contributed by atoms with Crippen molar-refractivity contribution in [2.24, 2.45) is 0 Å². The third-order valence-corrected chi connectivity index (χ3v) is 21.3. The van der Waals surface area contributed by atoms with Crippen molar-refractivity contribution >= 4 is 68.2 Å². The number of Topliss-reactive ketones (excluding diaryl/α,β-unsaturated/α-hetero) is 1. The number of carbonyl (C=O) groups is 1. The normalized spacial score (nSPS) is 13.8. The van der Waals surface area contributed by atoms with Crippen LogP contribution in [0.1, 0.15) is 17.3 Å². The summed E-state index contributed by atoms with van der Waals surface area (Å²) in [6, 6.07) is 18.2. The van der Waals surface area contributed by atoms with E-state index in [1.807, 2.05) is 42.5 Å². The van der Waals surface area contributed by atoms with Crippen molar-refractivity contribution in [2.45, 2.75) is 10.9 Å². The molecule has 0 heterocycles. The molecule has 0 spiro atoms. The molecule has 20 heavy (non-hydrogen) atoms. The molecule has 0 aromatic heterocycles. The van der Waals surface area contributed by atoms with Crippen LogP contribution < -0.4 is 0 Å². The first-order valence-corrected chi connectivity index (χ1v) is 27.7. The maximum absolute atomic E-state index is 12.5. The van der Waals surface area contributed by atoms with Gasteiger partial charge in [0.05, 0.1) is 0 Å². The average Bonchev–Trinajstić information content (AvgIpc) is 2.46. The molecule has 0 bridgehead atoms. The number of benzene rings is 2. The van der Waals surface area contributed by atoms with Crippen LogP contribution >= 0.6 is 56.1 Å². The zero-order valence-corrected chi connectivity index (χ0v) is 19.5. The standard InChI is InChI=1S/C15H13I3OTe/c1-11(20(16,17)18)15(19)14-9-7-13(8-10-14)12-5-3-2-4-6-12/h2-11H,1H3. The van der Waals surface area contributed by atoms with E-state index >= 15 is 0 Å². The van der Waals surface area contributed by atoms with Crippen LogP contribution in [0.15, 0.2) is 54.6 Å². The van der Waals surface area contributed by atoms with Gasteiger partial charge in [0.15, 0.2) is 0 Å². The molecule has 2 aromatic rings. The van der Waals surface area contributed by atoms with Crippen LogP contribution in [-0.2, 0) is 0 Å². The summed E-state index contributed by atoms with van der Waals surface area (Å²) in [6.45, 7) is 2.07. The Morgan fingerprint density at radius 3 is 1.90 bits per heavy atom. The third kappa shape index (κ3) is 4.54. The van der Waals surface area contributed by atoms with Crippen molar-refractivity contribution in [3.05, 3.63) is 60.2 Å². The van der Waals surface area contributed by atoms with Gasteiger partial charge >= 0.3 is 155 Å². The first-order valence-electron chi connectivity index (χ1n) is 6.00. The summed E-state index contributed by atoms with van der Waals surface area (Å²) in [5.41, 5.74) is 3.17. The van der Waals surface area contributed by atoms with E-state index in [-0.39, 0.29) is 9.75 Å². The first-order chi connectivity index (χ1) is 9.39. The van der Waals surface area contributed by atoms with Crippen LogP contribution in [-0.4, -0.2) is 12.1 Å². The van der Waals surface area contributed by atoms with Gasteiger partial charge in [0, 0.05) is 0 Å². The van der Waals surface area contributed by atoms with E-state index in [0.717, 1.165) is 11.1 Å². The summed E-state index contributed by atoms with van der Waals surface area (Å²) in [7, 11) is 0. The summed E-state index contributed by atoms with van der Waals surface area (Å²) >= 11 is 7.51. The number of halogens is 3. The minimum absolute atomic E-state index is 0.169. The molecule has 2 rings (SSSR count). The van der Waals surface area contributed by atoms with E-state index in [1.54, 1.807) is 0 Å². The van der Waals surface area contributed by atoms with Crippen LogP contribution in [0.4, 0.5) is 0 Å². The molecule has 0 saturated carbocycles. The monoisotopic (exact) mass is 720 g/mol. The first kappa shape index (κ1) is 17.4. The number of hydrogen-bond acceptors (Lipinski definition) is 1. The van der Waals surface area contributed by atoms with Gasteiger partial charge in [0.2, 0.25) is 0 Å². The molecule has 0 saturated heterocycles. The van der Waals surface area contributed by atoms with Crippen molar-refractivity contribution in [3.8, 4) is 11.1 Å². The quantitative estimate of drug-likeness (QED) is 0.210. The molecule has 1 atom stereocenters. The molecule has 1 nitrogen and oxygen atoms in total. The third-order valence-electron chi connectivity index (χ3n) is 3.05. The van der Waals surface area contributed by atoms with E-state index in [0.29, 0.717) is 0 Å². The zero-order chi connectivity index (χ0) is 14.8. The second-order valence-corrected chi connectivity index (χ2v) is 70.8. The van der Waals surface area contributed by atoms with Crippen molar-refractivity contribution in [1.82, 2.24) is 0 Å². The molecule has 0 aliphatic carbocycles. The molecule has 0 aliphatic heterocycles. The van der Waals surface area contributed by atoms with Crippen LogP contribution in [0.5, 0.6) is 0 Å². The van der Waals surface area contributed by atoms with Crippen molar-refractivity contribution < 1.29 is 4.79 Å². The van der Waals surface area contributed by atoms with Crippen LogP contribution in [0, 0.1) is 0 Å². The van der Waals surface area contributed by atoms with Gasteiger partial charge in [-0.2, -0.15) is 0 Å². The number of rotatable bonds is 4. The summed E-state index contributed by atoms with van der Waals surface area (Å²) in [4.78, 5) is 12.5. The molecular formula is C15H13I3OTe. The Morgan fingerprint density at radius 2 is 1.40 bits per heavy atom. The Bertz CT molecular complexity index is 591. The predicted octanol–water partition coefficient (Wildman–Crippen LogP) is 6.17. The number of carbonyl (C=O) groups excluding carboxylic acids is 1. The summed E-state index contributed by atoms with van der Waals surface area (Å²) < 4.78 is 0.169. The van der Waals surface area contributed by atoms with Crippen molar-refractivity contribution in [1.29, 1.82) is 0 Å². The Balaban J connectivity index is 2.23. The molecule has 1 unspecified atom stereocenters. The summed E-state index contributed by atoms with van der Waals surface area (Å²) in [5, 5.41) is 0. The van der Waals surface area contributed by atoms with E-state index in [1.165, 1.54) is 5.56 Å². The molecule has 0 N–H and O–H groups in total. The Labute approximate surface area is 152 Å². The van der Waals surface area contributed by atoms with Crippen LogP contribution in [0.25, 0.3) is 11.1 Å². The topological polar surface area (TPSA) is 17.1 Å². The minimum atomic E-state index is -2.05. The second-order valence-electron chi connectivity index (χ2n) is 4.39. The van der Waals surface area contributed by atoms with Gasteiger partial charge in [-0.3, -0.25) is 0 Å². The fraction of sp³-hybridized carbons (Fsp3) is 0.133. The van der Waals surface area contributed by atoms with Gasteiger partial charge in [-0.1, -0.05) is 0 Å². The van der Waals surface area contributed by atoms with Crippen molar-refractivity contribution in [3.63, 3.8) is 0 Å². The van der Waals surface area contributed by atoms with Gasteiger partial charge in [-0.05, 0) is 0 Å². The van der Waals surface area contributed by atoms with Gasteiger partial charge in [0.25, 0.3) is 0 Å². The molecule has 0 aliphatic rings. The fourth-order valence-electron chi connectivity index (χ4n) is 1.81. The molecular weight excluding hydrogens is 704 g/mol. The number of hydrogen-bond donors (Lipinski definition) is 0. The summed E-state index contributed by atoms with van der Waals surface area (Å²) in [6.07, 6.45) is -2.05. The molecule has 2 aromatic carbocycles. The SMILES string of the molecule is CC(C(=O)c1ccc(-c2ccccc2)cc1)[Te](I)(I)I.